The van der Waals surface area contributed by atoms with Gasteiger partial charge in [0.2, 0.25) is 0 Å². The predicted octanol–water partition coefficient (Wildman–Crippen LogP) is -0.0791. The van der Waals surface area contributed by atoms with Gasteiger partial charge in [0.05, 0.1) is 6.10 Å². The van der Waals surface area contributed by atoms with E-state index in [1.165, 1.54) is 0 Å². The van der Waals surface area contributed by atoms with Gasteiger partial charge in [-0.3, -0.25) is 4.90 Å². The van der Waals surface area contributed by atoms with Gasteiger partial charge in [0.15, 0.2) is 0 Å². The maximum atomic E-state index is 9.60. The van der Waals surface area contributed by atoms with E-state index in [0.717, 1.165) is 19.3 Å². The third-order valence-electron chi connectivity index (χ3n) is 3.10. The SMILES string of the molecule is CCCCC1CC(O)C(O)C(O)N1C. The molecule has 0 amide bonds. The van der Waals surface area contributed by atoms with Crippen molar-refractivity contribution >= 4 is 0 Å². The molecule has 4 atom stereocenters. The molecule has 0 spiro atoms. The maximum Gasteiger partial charge on any atom is 0.136 e. The van der Waals surface area contributed by atoms with Gasteiger partial charge in [-0.05, 0) is 19.9 Å². The number of nitrogens with zero attached hydrogens (tertiary/aromatic N) is 1. The fourth-order valence-electron chi connectivity index (χ4n) is 2.00. The Labute approximate surface area is 85.2 Å². The number of hydrogen-bond donors (Lipinski definition) is 3. The molecular formula is C10H21NO3. The number of piperidine rings is 1. The Morgan fingerprint density at radius 1 is 1.29 bits per heavy atom. The molecule has 1 saturated heterocycles. The highest BCUT2D eigenvalue weighted by atomic mass is 16.4. The highest BCUT2D eigenvalue weighted by Gasteiger charge is 2.38. The molecule has 0 aromatic rings. The number of aliphatic hydroxyl groups is 3. The first kappa shape index (κ1) is 11.9. The Morgan fingerprint density at radius 3 is 2.50 bits per heavy atom. The molecular weight excluding hydrogens is 182 g/mol. The molecule has 0 aliphatic carbocycles. The summed E-state index contributed by atoms with van der Waals surface area (Å²) in [4.78, 5) is 1.76. The molecule has 0 aromatic heterocycles. The minimum Gasteiger partial charge on any atom is -0.390 e. The number of likely N-dealkylation sites (N-methyl/N-ethyl adjacent to an activating group) is 1. The summed E-state index contributed by atoms with van der Waals surface area (Å²) < 4.78 is 0. The molecule has 4 unspecified atom stereocenters. The van der Waals surface area contributed by atoms with Gasteiger partial charge in [0.25, 0.3) is 0 Å². The first-order chi connectivity index (χ1) is 6.57. The second-order valence-corrected chi connectivity index (χ2v) is 4.17. The molecule has 1 aliphatic heterocycles. The van der Waals surface area contributed by atoms with E-state index in [-0.39, 0.29) is 6.04 Å². The molecule has 3 N–H and O–H groups in total. The Balaban J connectivity index is 2.52. The number of unbranched alkanes of at least 4 members (excludes halogenated alkanes) is 1. The summed E-state index contributed by atoms with van der Waals surface area (Å²) in [5.74, 6) is 0. The molecule has 1 heterocycles. The van der Waals surface area contributed by atoms with Crippen LogP contribution in [0.2, 0.25) is 0 Å². The highest BCUT2D eigenvalue weighted by Crippen LogP contribution is 2.24. The zero-order valence-corrected chi connectivity index (χ0v) is 8.93. The van der Waals surface area contributed by atoms with Crippen LogP contribution in [0.1, 0.15) is 32.6 Å². The van der Waals surface area contributed by atoms with Crippen molar-refractivity contribution in [2.75, 3.05) is 7.05 Å². The molecule has 0 aromatic carbocycles. The molecule has 0 saturated carbocycles. The molecule has 84 valence electrons. The molecule has 14 heavy (non-hydrogen) atoms. The van der Waals surface area contributed by atoms with E-state index in [4.69, 9.17) is 0 Å². The predicted molar refractivity (Wildman–Crippen MR) is 53.7 cm³/mol. The zero-order chi connectivity index (χ0) is 10.7. The third-order valence-corrected chi connectivity index (χ3v) is 3.10. The number of aliphatic hydroxyl groups excluding tert-OH is 3. The Bertz CT molecular complexity index is 177. The maximum absolute atomic E-state index is 9.60. The van der Waals surface area contributed by atoms with E-state index in [0.29, 0.717) is 6.42 Å². The van der Waals surface area contributed by atoms with Crippen LogP contribution in [0.3, 0.4) is 0 Å². The fraction of sp³-hybridized carbons (Fsp3) is 1.00. The lowest BCUT2D eigenvalue weighted by Crippen LogP contribution is -2.57. The smallest absolute Gasteiger partial charge is 0.136 e. The van der Waals surface area contributed by atoms with Crippen molar-refractivity contribution in [2.24, 2.45) is 0 Å². The summed E-state index contributed by atoms with van der Waals surface area (Å²) in [5.41, 5.74) is 0. The Hall–Kier alpha value is -0.160. The molecule has 4 heteroatoms. The molecule has 1 rings (SSSR count). The van der Waals surface area contributed by atoms with Crippen LogP contribution in [0, 0.1) is 0 Å². The van der Waals surface area contributed by atoms with Crippen molar-refractivity contribution in [3.63, 3.8) is 0 Å². The van der Waals surface area contributed by atoms with E-state index in [9.17, 15) is 15.3 Å². The number of likely N-dealkylation sites (tertiary alicyclic amines) is 1. The first-order valence-electron chi connectivity index (χ1n) is 5.34. The van der Waals surface area contributed by atoms with Crippen molar-refractivity contribution in [1.82, 2.24) is 4.90 Å². The fourth-order valence-corrected chi connectivity index (χ4v) is 2.00. The summed E-state index contributed by atoms with van der Waals surface area (Å²) in [6, 6.07) is 0.184. The average molecular weight is 203 g/mol. The largest absolute Gasteiger partial charge is 0.390 e. The quantitative estimate of drug-likeness (QED) is 0.600. The van der Waals surface area contributed by atoms with Crippen molar-refractivity contribution in [1.29, 1.82) is 0 Å². The Kier molecular flexibility index (Phi) is 4.31. The van der Waals surface area contributed by atoms with Crippen molar-refractivity contribution in [3.05, 3.63) is 0 Å². The minimum absolute atomic E-state index is 0.184. The second-order valence-electron chi connectivity index (χ2n) is 4.17. The average Bonchev–Trinajstić information content (AvgIpc) is 2.18. The van der Waals surface area contributed by atoms with E-state index in [1.807, 2.05) is 0 Å². The number of hydrogen-bond acceptors (Lipinski definition) is 4. The summed E-state index contributed by atoms with van der Waals surface area (Å²) >= 11 is 0. The third kappa shape index (κ3) is 2.45. The van der Waals surface area contributed by atoms with Gasteiger partial charge in [0.1, 0.15) is 12.3 Å². The van der Waals surface area contributed by atoms with Crippen molar-refractivity contribution in [2.45, 2.75) is 57.1 Å². The van der Waals surface area contributed by atoms with Crippen molar-refractivity contribution in [3.8, 4) is 0 Å². The van der Waals surface area contributed by atoms with Crippen LogP contribution in [-0.4, -0.2) is 51.7 Å². The lowest BCUT2D eigenvalue weighted by Gasteiger charge is -2.42. The topological polar surface area (TPSA) is 63.9 Å². The van der Waals surface area contributed by atoms with Gasteiger partial charge < -0.3 is 15.3 Å². The lowest BCUT2D eigenvalue weighted by molar-refractivity contribution is -0.167. The van der Waals surface area contributed by atoms with Gasteiger partial charge in [-0.1, -0.05) is 19.8 Å². The van der Waals surface area contributed by atoms with Gasteiger partial charge in [-0.25, -0.2) is 0 Å². The standard InChI is InChI=1S/C10H21NO3/c1-3-4-5-7-6-8(12)9(13)10(14)11(7)2/h7-10,12-14H,3-6H2,1-2H3. The van der Waals surface area contributed by atoms with E-state index >= 15 is 0 Å². The van der Waals surface area contributed by atoms with Crippen LogP contribution in [0.25, 0.3) is 0 Å². The van der Waals surface area contributed by atoms with Crippen LogP contribution in [0.4, 0.5) is 0 Å². The normalized spacial score (nSPS) is 40.1. The van der Waals surface area contributed by atoms with Crippen LogP contribution >= 0.6 is 0 Å². The molecule has 0 radical (unpaired) electrons. The first-order valence-corrected chi connectivity index (χ1v) is 5.34. The lowest BCUT2D eigenvalue weighted by atomic mass is 9.93. The zero-order valence-electron chi connectivity index (χ0n) is 8.93. The van der Waals surface area contributed by atoms with E-state index in [2.05, 4.69) is 6.92 Å². The summed E-state index contributed by atoms with van der Waals surface area (Å²) in [6.07, 6.45) is 0.966. The van der Waals surface area contributed by atoms with Crippen LogP contribution in [0.5, 0.6) is 0 Å². The number of rotatable bonds is 3. The van der Waals surface area contributed by atoms with Crippen LogP contribution in [0.15, 0.2) is 0 Å². The highest BCUT2D eigenvalue weighted by molar-refractivity contribution is 4.88. The molecule has 0 bridgehead atoms. The summed E-state index contributed by atoms with van der Waals surface area (Å²) in [5, 5.41) is 28.5. The van der Waals surface area contributed by atoms with Gasteiger partial charge >= 0.3 is 0 Å². The van der Waals surface area contributed by atoms with Crippen LogP contribution in [-0.2, 0) is 0 Å². The van der Waals surface area contributed by atoms with Gasteiger partial charge in [-0.2, -0.15) is 0 Å². The monoisotopic (exact) mass is 203 g/mol. The molecule has 1 fully saturated rings. The van der Waals surface area contributed by atoms with Crippen LogP contribution < -0.4 is 0 Å². The van der Waals surface area contributed by atoms with E-state index in [1.54, 1.807) is 11.9 Å². The minimum atomic E-state index is -1.03. The van der Waals surface area contributed by atoms with E-state index < -0.39 is 18.4 Å². The molecule has 1 aliphatic rings. The Morgan fingerprint density at radius 2 is 1.93 bits per heavy atom. The van der Waals surface area contributed by atoms with Gasteiger partial charge in [-0.15, -0.1) is 0 Å². The second kappa shape index (κ2) is 5.07. The summed E-state index contributed by atoms with van der Waals surface area (Å²) in [7, 11) is 1.79. The van der Waals surface area contributed by atoms with Crippen molar-refractivity contribution < 1.29 is 15.3 Å². The summed E-state index contributed by atoms with van der Waals surface area (Å²) in [6.45, 7) is 2.12. The van der Waals surface area contributed by atoms with Gasteiger partial charge in [0, 0.05) is 6.04 Å². The molecule has 4 nitrogen and oxygen atoms in total.